The van der Waals surface area contributed by atoms with Gasteiger partial charge in [0.15, 0.2) is 0 Å². The third kappa shape index (κ3) is 3.65. The maximum Gasteiger partial charge on any atom is 0.224 e. The van der Waals surface area contributed by atoms with E-state index in [1.54, 1.807) is 10.9 Å². The average Bonchev–Trinajstić information content (AvgIpc) is 3.06. The van der Waals surface area contributed by atoms with Crippen molar-refractivity contribution in [1.82, 2.24) is 9.78 Å². The second-order valence-electron chi connectivity index (χ2n) is 5.27. The molecule has 3 rings (SSSR count). The van der Waals surface area contributed by atoms with E-state index in [1.807, 2.05) is 36.5 Å². The Bertz CT molecular complexity index is 826. The second kappa shape index (κ2) is 7.04. The summed E-state index contributed by atoms with van der Waals surface area (Å²) in [6.07, 6.45) is 4.03. The van der Waals surface area contributed by atoms with Gasteiger partial charge in [-0.15, -0.1) is 0 Å². The summed E-state index contributed by atoms with van der Waals surface area (Å²) < 4.78 is 28.7. The summed E-state index contributed by atoms with van der Waals surface area (Å²) in [5, 5.41) is 6.51. The van der Waals surface area contributed by atoms with Gasteiger partial charge in [0.25, 0.3) is 0 Å². The zero-order chi connectivity index (χ0) is 16.9. The van der Waals surface area contributed by atoms with Crippen LogP contribution in [-0.4, -0.2) is 15.7 Å². The molecule has 0 bridgehead atoms. The SMILES string of the molecule is O=C(CCc1cnn(-c2ccccc2)c1)Nc1c(F)cccc1F. The smallest absolute Gasteiger partial charge is 0.224 e. The Morgan fingerprint density at radius 2 is 1.75 bits per heavy atom. The fourth-order valence-electron chi connectivity index (χ4n) is 2.29. The zero-order valence-electron chi connectivity index (χ0n) is 12.7. The van der Waals surface area contributed by atoms with Gasteiger partial charge in [-0.25, -0.2) is 13.5 Å². The van der Waals surface area contributed by atoms with Gasteiger partial charge < -0.3 is 5.32 Å². The van der Waals surface area contributed by atoms with E-state index in [0.717, 1.165) is 23.4 Å². The summed E-state index contributed by atoms with van der Waals surface area (Å²) in [6.45, 7) is 0. The number of amides is 1. The summed E-state index contributed by atoms with van der Waals surface area (Å²) in [6, 6.07) is 13.0. The van der Waals surface area contributed by atoms with Crippen molar-refractivity contribution in [1.29, 1.82) is 0 Å². The van der Waals surface area contributed by atoms with Crippen molar-refractivity contribution < 1.29 is 13.6 Å². The number of benzene rings is 2. The maximum absolute atomic E-state index is 13.5. The molecule has 0 unspecified atom stereocenters. The van der Waals surface area contributed by atoms with Gasteiger partial charge in [0, 0.05) is 12.6 Å². The van der Waals surface area contributed by atoms with Gasteiger partial charge in [-0.05, 0) is 36.2 Å². The van der Waals surface area contributed by atoms with Gasteiger partial charge in [0.1, 0.15) is 17.3 Å². The number of carbonyl (C=O) groups is 1. The second-order valence-corrected chi connectivity index (χ2v) is 5.27. The first-order valence-corrected chi connectivity index (χ1v) is 7.46. The van der Waals surface area contributed by atoms with Gasteiger partial charge in [-0.1, -0.05) is 24.3 Å². The number of anilines is 1. The molecule has 0 fully saturated rings. The molecule has 0 radical (unpaired) electrons. The van der Waals surface area contributed by atoms with Gasteiger partial charge >= 0.3 is 0 Å². The Balaban J connectivity index is 1.60. The highest BCUT2D eigenvalue weighted by Gasteiger charge is 2.12. The van der Waals surface area contributed by atoms with Crippen LogP contribution in [0.1, 0.15) is 12.0 Å². The normalized spacial score (nSPS) is 10.6. The lowest BCUT2D eigenvalue weighted by molar-refractivity contribution is -0.116. The molecule has 24 heavy (non-hydrogen) atoms. The number of para-hydroxylation sites is 2. The molecular formula is C18H15F2N3O. The molecule has 1 heterocycles. The molecule has 4 nitrogen and oxygen atoms in total. The Labute approximate surface area is 137 Å². The lowest BCUT2D eigenvalue weighted by Gasteiger charge is -2.06. The molecule has 0 aliphatic rings. The van der Waals surface area contributed by atoms with E-state index < -0.39 is 23.2 Å². The first-order valence-electron chi connectivity index (χ1n) is 7.46. The van der Waals surface area contributed by atoms with Crippen molar-refractivity contribution in [3.05, 3.63) is 78.1 Å². The Morgan fingerprint density at radius 3 is 2.46 bits per heavy atom. The summed E-state index contributed by atoms with van der Waals surface area (Å²) in [4.78, 5) is 11.9. The minimum Gasteiger partial charge on any atom is -0.321 e. The number of hydrogen-bond donors (Lipinski definition) is 1. The quantitative estimate of drug-likeness (QED) is 0.776. The fraction of sp³-hybridized carbons (Fsp3) is 0.111. The van der Waals surface area contributed by atoms with Crippen LogP contribution in [0.4, 0.5) is 14.5 Å². The molecule has 122 valence electrons. The topological polar surface area (TPSA) is 46.9 Å². The van der Waals surface area contributed by atoms with E-state index in [4.69, 9.17) is 0 Å². The molecule has 3 aromatic rings. The number of aromatic nitrogens is 2. The number of carbonyl (C=O) groups excluding carboxylic acids is 1. The number of rotatable bonds is 5. The van der Waals surface area contributed by atoms with E-state index in [-0.39, 0.29) is 6.42 Å². The number of nitrogens with zero attached hydrogens (tertiary/aromatic N) is 2. The van der Waals surface area contributed by atoms with Crippen LogP contribution in [0.25, 0.3) is 5.69 Å². The van der Waals surface area contributed by atoms with E-state index in [2.05, 4.69) is 10.4 Å². The first kappa shape index (κ1) is 15.9. The van der Waals surface area contributed by atoms with Crippen molar-refractivity contribution in [2.24, 2.45) is 0 Å². The molecule has 0 saturated heterocycles. The minimum atomic E-state index is -0.791. The maximum atomic E-state index is 13.5. The molecule has 1 N–H and O–H groups in total. The molecule has 0 aliphatic carbocycles. The van der Waals surface area contributed by atoms with Crippen LogP contribution in [0.3, 0.4) is 0 Å². The van der Waals surface area contributed by atoms with E-state index in [9.17, 15) is 13.6 Å². The monoisotopic (exact) mass is 327 g/mol. The predicted molar refractivity (Wildman–Crippen MR) is 86.9 cm³/mol. The average molecular weight is 327 g/mol. The lowest BCUT2D eigenvalue weighted by Crippen LogP contribution is -2.14. The van der Waals surface area contributed by atoms with E-state index >= 15 is 0 Å². The third-order valence-electron chi connectivity index (χ3n) is 3.52. The summed E-state index contributed by atoms with van der Waals surface area (Å²) >= 11 is 0. The molecule has 1 amide bonds. The van der Waals surface area contributed by atoms with Gasteiger partial charge in [-0.3, -0.25) is 4.79 Å². The van der Waals surface area contributed by atoms with E-state index in [1.165, 1.54) is 6.07 Å². The molecule has 1 aromatic heterocycles. The summed E-state index contributed by atoms with van der Waals surface area (Å²) in [7, 11) is 0. The Hall–Kier alpha value is -3.02. The van der Waals surface area contributed by atoms with Crippen LogP contribution in [0, 0.1) is 11.6 Å². The van der Waals surface area contributed by atoms with Gasteiger partial charge in [-0.2, -0.15) is 5.10 Å². The molecule has 6 heteroatoms. The largest absolute Gasteiger partial charge is 0.321 e. The fourth-order valence-corrected chi connectivity index (χ4v) is 2.29. The Morgan fingerprint density at radius 1 is 1.04 bits per heavy atom. The number of aryl methyl sites for hydroxylation is 1. The highest BCUT2D eigenvalue weighted by Crippen LogP contribution is 2.18. The zero-order valence-corrected chi connectivity index (χ0v) is 12.7. The summed E-state index contributed by atoms with van der Waals surface area (Å²) in [5.74, 6) is -2.04. The molecule has 0 atom stereocenters. The van der Waals surface area contributed by atoms with Crippen molar-refractivity contribution in [3.8, 4) is 5.69 Å². The van der Waals surface area contributed by atoms with Crippen molar-refractivity contribution in [2.75, 3.05) is 5.32 Å². The number of nitrogens with one attached hydrogen (secondary N) is 1. The Kier molecular flexibility index (Phi) is 4.65. The van der Waals surface area contributed by atoms with Crippen LogP contribution in [-0.2, 0) is 11.2 Å². The minimum absolute atomic E-state index is 0.105. The standard InChI is InChI=1S/C18H15F2N3O/c19-15-7-4-8-16(20)18(15)22-17(24)10-9-13-11-21-23(12-13)14-5-2-1-3-6-14/h1-8,11-12H,9-10H2,(H,22,24). The van der Waals surface area contributed by atoms with Gasteiger partial charge in [0.05, 0.1) is 11.9 Å². The molecule has 0 aliphatic heterocycles. The van der Waals surface area contributed by atoms with Crippen LogP contribution >= 0.6 is 0 Å². The van der Waals surface area contributed by atoms with Crippen molar-refractivity contribution in [2.45, 2.75) is 12.8 Å². The van der Waals surface area contributed by atoms with Crippen molar-refractivity contribution in [3.63, 3.8) is 0 Å². The lowest BCUT2D eigenvalue weighted by atomic mass is 10.2. The van der Waals surface area contributed by atoms with Crippen molar-refractivity contribution >= 4 is 11.6 Å². The third-order valence-corrected chi connectivity index (χ3v) is 3.52. The molecule has 0 spiro atoms. The predicted octanol–water partition coefficient (Wildman–Crippen LogP) is 3.72. The van der Waals surface area contributed by atoms with Crippen LogP contribution in [0.2, 0.25) is 0 Å². The highest BCUT2D eigenvalue weighted by atomic mass is 19.1. The van der Waals surface area contributed by atoms with Crippen LogP contribution in [0.5, 0.6) is 0 Å². The van der Waals surface area contributed by atoms with E-state index in [0.29, 0.717) is 6.42 Å². The molecule has 2 aromatic carbocycles. The van der Waals surface area contributed by atoms with Crippen LogP contribution in [0.15, 0.2) is 60.9 Å². The number of halogens is 2. The number of hydrogen-bond acceptors (Lipinski definition) is 2. The summed E-state index contributed by atoms with van der Waals surface area (Å²) in [5.41, 5.74) is 1.37. The highest BCUT2D eigenvalue weighted by molar-refractivity contribution is 5.91. The molecular weight excluding hydrogens is 312 g/mol. The molecule has 0 saturated carbocycles. The van der Waals surface area contributed by atoms with Crippen LogP contribution < -0.4 is 5.32 Å². The first-order chi connectivity index (χ1) is 11.6. The van der Waals surface area contributed by atoms with Gasteiger partial charge in [0.2, 0.25) is 5.91 Å².